The van der Waals surface area contributed by atoms with Crippen molar-refractivity contribution < 1.29 is 4.74 Å². The predicted octanol–water partition coefficient (Wildman–Crippen LogP) is 2.39. The van der Waals surface area contributed by atoms with Crippen LogP contribution in [0.25, 0.3) is 0 Å². The Hall–Kier alpha value is 0.270. The van der Waals surface area contributed by atoms with Crippen molar-refractivity contribution in [2.45, 2.75) is 39.0 Å². The lowest BCUT2D eigenvalue weighted by atomic mass is 10.2. The predicted molar refractivity (Wildman–Crippen MR) is 66.1 cm³/mol. The average molecular weight is 219 g/mol. The van der Waals surface area contributed by atoms with E-state index in [-0.39, 0.29) is 0 Å². The van der Waals surface area contributed by atoms with Crippen molar-refractivity contribution >= 4 is 11.8 Å². The Morgan fingerprint density at radius 3 is 2.36 bits per heavy atom. The summed E-state index contributed by atoms with van der Waals surface area (Å²) in [6, 6.07) is 0.496. The first-order chi connectivity index (χ1) is 6.61. The fourth-order valence-electron chi connectivity index (χ4n) is 1.12. The van der Waals surface area contributed by atoms with E-state index >= 15 is 0 Å². The van der Waals surface area contributed by atoms with Gasteiger partial charge in [-0.05, 0) is 12.5 Å². The highest BCUT2D eigenvalue weighted by Gasteiger charge is 2.12. The van der Waals surface area contributed by atoms with Gasteiger partial charge in [0.1, 0.15) is 0 Å². The molecule has 1 N–H and O–H groups in total. The number of hydrogen-bond donors (Lipinski definition) is 1. The fraction of sp³-hybridized carbons (Fsp3) is 1.00. The fourth-order valence-corrected chi connectivity index (χ4v) is 2.25. The van der Waals surface area contributed by atoms with Crippen molar-refractivity contribution in [1.82, 2.24) is 5.32 Å². The summed E-state index contributed by atoms with van der Waals surface area (Å²) in [4.78, 5) is 0. The maximum absolute atomic E-state index is 5.17. The standard InChI is InChI=1S/C11H25NOS/c1-6-12-11(7-13-5)8-14-10(4)9(2)3/h9-12H,6-8H2,1-5H3. The zero-order valence-corrected chi connectivity index (χ0v) is 11.0. The lowest BCUT2D eigenvalue weighted by Crippen LogP contribution is -2.35. The van der Waals surface area contributed by atoms with E-state index in [4.69, 9.17) is 4.74 Å². The van der Waals surface area contributed by atoms with Crippen LogP contribution in [-0.2, 0) is 4.74 Å². The van der Waals surface area contributed by atoms with Gasteiger partial charge in [-0.3, -0.25) is 0 Å². The number of nitrogens with one attached hydrogen (secondary N) is 1. The van der Waals surface area contributed by atoms with E-state index in [9.17, 15) is 0 Å². The molecular formula is C11H25NOS. The number of methoxy groups -OCH3 is 1. The molecule has 86 valence electrons. The highest BCUT2D eigenvalue weighted by Crippen LogP contribution is 2.19. The molecule has 0 radical (unpaired) electrons. The van der Waals surface area contributed by atoms with Crippen LogP contribution in [0.5, 0.6) is 0 Å². The molecule has 0 saturated carbocycles. The van der Waals surface area contributed by atoms with Gasteiger partial charge in [0.15, 0.2) is 0 Å². The van der Waals surface area contributed by atoms with Gasteiger partial charge in [0.05, 0.1) is 6.61 Å². The van der Waals surface area contributed by atoms with E-state index in [0.717, 1.165) is 30.1 Å². The Bertz CT molecular complexity index is 124. The molecule has 0 amide bonds. The topological polar surface area (TPSA) is 21.3 Å². The third-order valence-electron chi connectivity index (χ3n) is 2.36. The van der Waals surface area contributed by atoms with Crippen molar-refractivity contribution in [3.05, 3.63) is 0 Å². The minimum atomic E-state index is 0.496. The quantitative estimate of drug-likeness (QED) is 0.677. The van der Waals surface area contributed by atoms with Gasteiger partial charge in [-0.25, -0.2) is 0 Å². The second kappa shape index (κ2) is 8.57. The maximum atomic E-state index is 5.17. The van der Waals surface area contributed by atoms with Crippen molar-refractivity contribution in [2.75, 3.05) is 26.0 Å². The number of likely N-dealkylation sites (N-methyl/N-ethyl adjacent to an activating group) is 1. The van der Waals surface area contributed by atoms with Crippen LogP contribution in [0.4, 0.5) is 0 Å². The van der Waals surface area contributed by atoms with E-state index in [1.807, 2.05) is 11.8 Å². The minimum absolute atomic E-state index is 0.496. The van der Waals surface area contributed by atoms with Gasteiger partial charge in [0.25, 0.3) is 0 Å². The first kappa shape index (κ1) is 14.3. The molecule has 0 rings (SSSR count). The zero-order valence-electron chi connectivity index (χ0n) is 10.2. The second-order valence-electron chi connectivity index (χ2n) is 3.99. The van der Waals surface area contributed by atoms with E-state index in [2.05, 4.69) is 33.0 Å². The van der Waals surface area contributed by atoms with Crippen molar-refractivity contribution in [3.8, 4) is 0 Å². The molecule has 2 atom stereocenters. The van der Waals surface area contributed by atoms with Gasteiger partial charge >= 0.3 is 0 Å². The van der Waals surface area contributed by atoms with Crippen LogP contribution < -0.4 is 5.32 Å². The Morgan fingerprint density at radius 1 is 1.29 bits per heavy atom. The molecule has 0 aromatic rings. The van der Waals surface area contributed by atoms with Gasteiger partial charge in [-0.15, -0.1) is 0 Å². The van der Waals surface area contributed by atoms with Crippen LogP contribution in [0.2, 0.25) is 0 Å². The largest absolute Gasteiger partial charge is 0.383 e. The maximum Gasteiger partial charge on any atom is 0.0623 e. The van der Waals surface area contributed by atoms with Crippen LogP contribution in [0.3, 0.4) is 0 Å². The minimum Gasteiger partial charge on any atom is -0.383 e. The molecule has 0 bridgehead atoms. The third kappa shape index (κ3) is 6.68. The van der Waals surface area contributed by atoms with Crippen LogP contribution in [0.1, 0.15) is 27.7 Å². The molecule has 0 aliphatic heterocycles. The Morgan fingerprint density at radius 2 is 1.93 bits per heavy atom. The molecule has 0 fully saturated rings. The summed E-state index contributed by atoms with van der Waals surface area (Å²) in [5.41, 5.74) is 0. The Kier molecular flexibility index (Phi) is 8.73. The van der Waals surface area contributed by atoms with Crippen LogP contribution in [0.15, 0.2) is 0 Å². The van der Waals surface area contributed by atoms with Crippen LogP contribution >= 0.6 is 11.8 Å². The molecule has 0 aliphatic carbocycles. The van der Waals surface area contributed by atoms with Crippen LogP contribution in [-0.4, -0.2) is 37.3 Å². The van der Waals surface area contributed by atoms with Crippen molar-refractivity contribution in [3.63, 3.8) is 0 Å². The number of hydrogen-bond acceptors (Lipinski definition) is 3. The van der Waals surface area contributed by atoms with E-state index in [0.29, 0.717) is 6.04 Å². The molecule has 0 aliphatic rings. The van der Waals surface area contributed by atoms with Crippen molar-refractivity contribution in [2.24, 2.45) is 5.92 Å². The molecule has 0 saturated heterocycles. The van der Waals surface area contributed by atoms with Gasteiger partial charge in [0, 0.05) is 24.2 Å². The summed E-state index contributed by atoms with van der Waals surface area (Å²) in [5, 5.41) is 4.16. The monoisotopic (exact) mass is 219 g/mol. The summed E-state index contributed by atoms with van der Waals surface area (Å²) in [6.45, 7) is 10.8. The summed E-state index contributed by atoms with van der Waals surface area (Å²) in [5.74, 6) is 1.89. The first-order valence-corrected chi connectivity index (χ1v) is 6.50. The van der Waals surface area contributed by atoms with E-state index < -0.39 is 0 Å². The molecule has 2 unspecified atom stereocenters. The first-order valence-electron chi connectivity index (χ1n) is 5.45. The second-order valence-corrected chi connectivity index (χ2v) is 5.40. The highest BCUT2D eigenvalue weighted by molar-refractivity contribution is 7.99. The number of thioether (sulfide) groups is 1. The van der Waals surface area contributed by atoms with E-state index in [1.54, 1.807) is 7.11 Å². The molecule has 0 heterocycles. The summed E-state index contributed by atoms with van der Waals surface area (Å²) in [6.07, 6.45) is 0. The third-order valence-corrected chi connectivity index (χ3v) is 4.02. The lowest BCUT2D eigenvalue weighted by molar-refractivity contribution is 0.174. The molecule has 2 nitrogen and oxygen atoms in total. The van der Waals surface area contributed by atoms with Gasteiger partial charge in [-0.1, -0.05) is 27.7 Å². The van der Waals surface area contributed by atoms with Gasteiger partial charge in [-0.2, -0.15) is 11.8 Å². The molecule has 0 spiro atoms. The zero-order chi connectivity index (χ0) is 11.0. The normalized spacial score (nSPS) is 15.9. The SMILES string of the molecule is CCNC(COC)CSC(C)C(C)C. The summed E-state index contributed by atoms with van der Waals surface area (Å²) in [7, 11) is 1.76. The van der Waals surface area contributed by atoms with Crippen LogP contribution in [0, 0.1) is 5.92 Å². The van der Waals surface area contributed by atoms with Gasteiger partial charge in [0.2, 0.25) is 0 Å². The smallest absolute Gasteiger partial charge is 0.0623 e. The number of ether oxygens (including phenoxy) is 1. The Labute approximate surface area is 93.2 Å². The highest BCUT2D eigenvalue weighted by atomic mass is 32.2. The molecule has 3 heteroatoms. The van der Waals surface area contributed by atoms with E-state index in [1.165, 1.54) is 0 Å². The van der Waals surface area contributed by atoms with Crippen molar-refractivity contribution in [1.29, 1.82) is 0 Å². The molecule has 0 aromatic carbocycles. The summed E-state index contributed by atoms with van der Waals surface area (Å²) < 4.78 is 5.17. The molecule has 14 heavy (non-hydrogen) atoms. The number of rotatable bonds is 8. The van der Waals surface area contributed by atoms with Gasteiger partial charge < -0.3 is 10.1 Å². The Balaban J connectivity index is 3.68. The average Bonchev–Trinajstić information content (AvgIpc) is 2.14. The lowest BCUT2D eigenvalue weighted by Gasteiger charge is -2.20. The molecular weight excluding hydrogens is 194 g/mol. The molecule has 0 aromatic heterocycles. The summed E-state index contributed by atoms with van der Waals surface area (Å²) >= 11 is 2.03.